The van der Waals surface area contributed by atoms with Crippen molar-refractivity contribution >= 4 is 15.7 Å². The van der Waals surface area contributed by atoms with Gasteiger partial charge < -0.3 is 0 Å². The number of hydrogen-bond donors (Lipinski definition) is 0. The summed E-state index contributed by atoms with van der Waals surface area (Å²) in [5.74, 6) is 0. The molecule has 26 valence electrons. The average molecular weight is 123 g/mol. The van der Waals surface area contributed by atoms with Gasteiger partial charge in [0.1, 0.15) is 0 Å². The number of hydrogen-bond acceptors (Lipinski definition) is 3. The van der Waals surface area contributed by atoms with E-state index >= 15 is 0 Å². The van der Waals surface area contributed by atoms with Crippen LogP contribution in [-0.4, -0.2) is 15.7 Å². The zero-order valence-corrected chi connectivity index (χ0v) is 3.55. The van der Waals surface area contributed by atoms with Gasteiger partial charge in [0.2, 0.25) is 0 Å². The molecule has 0 aliphatic rings. The monoisotopic (exact) mass is 123 g/mol. The van der Waals surface area contributed by atoms with Crippen molar-refractivity contribution in [3.63, 3.8) is 0 Å². The van der Waals surface area contributed by atoms with Crippen LogP contribution in [0.15, 0.2) is 0 Å². The summed E-state index contributed by atoms with van der Waals surface area (Å²) in [5.41, 5.74) is 0. The van der Waals surface area contributed by atoms with Crippen LogP contribution in [0, 0.1) is 0 Å². The fourth-order valence-corrected chi connectivity index (χ4v) is 0. The van der Waals surface area contributed by atoms with Crippen molar-refractivity contribution in [1.29, 1.82) is 0 Å². The van der Waals surface area contributed by atoms with Crippen molar-refractivity contribution in [3.05, 3.63) is 0 Å². The Morgan fingerprint density at radius 3 is 1.00 bits per heavy atom. The van der Waals surface area contributed by atoms with E-state index in [0.717, 1.165) is 0 Å². The molecule has 0 aromatic rings. The Kier molecular flexibility index (Phi) is 1.92. The minimum atomic E-state index is -3.94. The standard InChI is InChI=1S/AsO3/c2-1(3)4/q-3. The van der Waals surface area contributed by atoms with E-state index in [-0.39, 0.29) is 0 Å². The Balaban J connectivity index is 2.32. The van der Waals surface area contributed by atoms with Crippen LogP contribution < -0.4 is 12.3 Å². The van der Waals surface area contributed by atoms with E-state index in [1.54, 1.807) is 0 Å². The molecular formula is AsO3-3. The topological polar surface area (TPSA) is 69.2 Å². The first-order chi connectivity index (χ1) is 1.73. The zero-order valence-electron chi connectivity index (χ0n) is 1.67. The van der Waals surface area contributed by atoms with Crippen LogP contribution in [0.25, 0.3) is 0 Å². The molecule has 0 heterocycles. The van der Waals surface area contributed by atoms with Gasteiger partial charge in [-0.25, -0.2) is 0 Å². The maximum absolute atomic E-state index is 8.56. The van der Waals surface area contributed by atoms with Crippen LogP contribution in [0.3, 0.4) is 0 Å². The van der Waals surface area contributed by atoms with Gasteiger partial charge in [-0.2, -0.15) is 0 Å². The Hall–Kier alpha value is 0.438. The Bertz CT molecular complexity index is 8.00. The molecule has 0 unspecified atom stereocenters. The van der Waals surface area contributed by atoms with Gasteiger partial charge in [0.05, 0.1) is 0 Å². The van der Waals surface area contributed by atoms with Crippen LogP contribution in [-0.2, 0) is 0 Å². The van der Waals surface area contributed by atoms with Gasteiger partial charge in [-0.1, -0.05) is 0 Å². The molecule has 0 amide bonds. The van der Waals surface area contributed by atoms with E-state index in [2.05, 4.69) is 0 Å². The predicted molar refractivity (Wildman–Crippen MR) is 5.75 cm³/mol. The molecular weight excluding hydrogens is 123 g/mol. The quantitative estimate of drug-likeness (QED) is 0.308. The molecule has 3 nitrogen and oxygen atoms in total. The van der Waals surface area contributed by atoms with Crippen molar-refractivity contribution < 1.29 is 12.3 Å². The van der Waals surface area contributed by atoms with E-state index in [9.17, 15) is 0 Å². The van der Waals surface area contributed by atoms with Gasteiger partial charge in [0.15, 0.2) is 0 Å². The Morgan fingerprint density at radius 1 is 1.00 bits per heavy atom. The van der Waals surface area contributed by atoms with Crippen LogP contribution in [0.2, 0.25) is 0 Å². The molecule has 0 rings (SSSR count). The van der Waals surface area contributed by atoms with Crippen LogP contribution in [0.1, 0.15) is 0 Å². The number of rotatable bonds is 0. The second-order valence-corrected chi connectivity index (χ2v) is 1.16. The first-order valence-corrected chi connectivity index (χ1v) is 2.85. The van der Waals surface area contributed by atoms with Crippen LogP contribution >= 0.6 is 0 Å². The summed E-state index contributed by atoms with van der Waals surface area (Å²) < 4.78 is 25.7. The summed E-state index contributed by atoms with van der Waals surface area (Å²) in [4.78, 5) is 0. The summed E-state index contributed by atoms with van der Waals surface area (Å²) >= 11 is -3.94. The summed E-state index contributed by atoms with van der Waals surface area (Å²) in [6.45, 7) is 0. The van der Waals surface area contributed by atoms with Crippen molar-refractivity contribution in [2.45, 2.75) is 0 Å². The van der Waals surface area contributed by atoms with E-state index in [1.165, 1.54) is 0 Å². The summed E-state index contributed by atoms with van der Waals surface area (Å²) in [7, 11) is 0. The molecule has 4 heteroatoms. The third-order valence-corrected chi connectivity index (χ3v) is 0. The van der Waals surface area contributed by atoms with Crippen molar-refractivity contribution in [2.24, 2.45) is 0 Å². The summed E-state index contributed by atoms with van der Waals surface area (Å²) in [6, 6.07) is 0. The molecule has 0 aliphatic carbocycles. The second kappa shape index (κ2) is 1.73. The van der Waals surface area contributed by atoms with E-state index in [0.29, 0.717) is 0 Å². The van der Waals surface area contributed by atoms with Crippen LogP contribution in [0.4, 0.5) is 0 Å². The predicted octanol–water partition coefficient (Wildman–Crippen LogP) is -3.95. The third kappa shape index (κ3) is 26.2. The maximum atomic E-state index is 8.56. The molecule has 0 aromatic heterocycles. The molecule has 0 radical (unpaired) electrons. The SMILES string of the molecule is [O-][As]([O-])[O-]. The molecule has 0 atom stereocenters. The molecule has 0 spiro atoms. The average Bonchev–Trinajstić information content (AvgIpc) is 0.811. The van der Waals surface area contributed by atoms with Gasteiger partial charge in [-0.3, -0.25) is 0 Å². The van der Waals surface area contributed by atoms with E-state index in [1.807, 2.05) is 0 Å². The fraction of sp³-hybridized carbons (Fsp3) is 0. The molecule has 0 aliphatic heterocycles. The van der Waals surface area contributed by atoms with Gasteiger partial charge in [0.25, 0.3) is 0 Å². The zero-order chi connectivity index (χ0) is 3.58. The van der Waals surface area contributed by atoms with Gasteiger partial charge >= 0.3 is 28.0 Å². The van der Waals surface area contributed by atoms with Crippen molar-refractivity contribution in [1.82, 2.24) is 0 Å². The molecule has 0 aromatic carbocycles. The van der Waals surface area contributed by atoms with Gasteiger partial charge in [0, 0.05) is 0 Å². The molecule has 0 N–H and O–H groups in total. The van der Waals surface area contributed by atoms with Crippen molar-refractivity contribution in [3.8, 4) is 0 Å². The second-order valence-electron chi connectivity index (χ2n) is 0.224. The fourth-order valence-electron chi connectivity index (χ4n) is 0. The molecule has 0 bridgehead atoms. The molecule has 0 fully saturated rings. The normalized spacial score (nSPS) is 9.00. The molecule has 0 saturated heterocycles. The summed E-state index contributed by atoms with van der Waals surface area (Å²) in [6.07, 6.45) is 0. The summed E-state index contributed by atoms with van der Waals surface area (Å²) in [5, 5.41) is 0. The Labute approximate surface area is 28.8 Å². The molecule has 0 saturated carbocycles. The Morgan fingerprint density at radius 2 is 1.00 bits per heavy atom. The van der Waals surface area contributed by atoms with E-state index in [4.69, 9.17) is 12.3 Å². The first-order valence-electron chi connectivity index (χ1n) is 0.548. The third-order valence-electron chi connectivity index (χ3n) is 0. The van der Waals surface area contributed by atoms with Crippen molar-refractivity contribution in [2.75, 3.05) is 0 Å². The van der Waals surface area contributed by atoms with E-state index < -0.39 is 15.7 Å². The van der Waals surface area contributed by atoms with Gasteiger partial charge in [-0.05, 0) is 0 Å². The minimum absolute atomic E-state index is 3.94. The van der Waals surface area contributed by atoms with Gasteiger partial charge in [-0.15, -0.1) is 0 Å². The molecule has 4 heavy (non-hydrogen) atoms. The first kappa shape index (κ1) is 4.44. The van der Waals surface area contributed by atoms with Crippen LogP contribution in [0.5, 0.6) is 0 Å².